The van der Waals surface area contributed by atoms with E-state index < -0.39 is 32.5 Å². The molecule has 0 amide bonds. The van der Waals surface area contributed by atoms with Crippen LogP contribution in [-0.2, 0) is 10.0 Å². The maximum Gasteiger partial charge on any atom is 0.306 e. The van der Waals surface area contributed by atoms with Gasteiger partial charge in [0.1, 0.15) is 0 Å². The molecular weight excluding hydrogens is 301 g/mol. The molecule has 9 heteroatoms. The van der Waals surface area contributed by atoms with Crippen molar-refractivity contribution in [1.82, 2.24) is 4.31 Å². The average molecular weight is 315 g/mol. The van der Waals surface area contributed by atoms with Gasteiger partial charge in [-0.05, 0) is 25.5 Å². The Labute approximate surface area is 121 Å². The molecule has 0 N–H and O–H groups in total. The second-order valence-electron chi connectivity index (χ2n) is 4.56. The van der Waals surface area contributed by atoms with Gasteiger partial charge in [-0.2, -0.15) is 14.0 Å². The van der Waals surface area contributed by atoms with Gasteiger partial charge in [0.2, 0.25) is 15.8 Å². The fourth-order valence-corrected chi connectivity index (χ4v) is 3.30. The van der Waals surface area contributed by atoms with Crippen molar-refractivity contribution in [2.45, 2.75) is 31.2 Å². The highest BCUT2D eigenvalue weighted by Crippen LogP contribution is 2.28. The van der Waals surface area contributed by atoms with Gasteiger partial charge in [-0.15, -0.1) is 0 Å². The third-order valence-corrected chi connectivity index (χ3v) is 5.22. The van der Waals surface area contributed by atoms with E-state index in [4.69, 9.17) is 5.26 Å². The van der Waals surface area contributed by atoms with Crippen LogP contribution in [0.15, 0.2) is 17.0 Å². The van der Waals surface area contributed by atoms with Crippen LogP contribution >= 0.6 is 0 Å². The smallest absolute Gasteiger partial charge is 0.258 e. The Morgan fingerprint density at radius 1 is 1.52 bits per heavy atom. The van der Waals surface area contributed by atoms with E-state index in [1.165, 1.54) is 20.9 Å². The standard InChI is InChI=1S/C12H14FN3O4S/c1-8-6-10(13)11(16(17)18)7-12(8)21(19,20)15(3)9(2)4-5-14/h6-7,9H,4H2,1-3H3. The predicted octanol–water partition coefficient (Wildman–Crippen LogP) is 1.97. The molecule has 1 rings (SSSR count). The minimum Gasteiger partial charge on any atom is -0.258 e. The monoisotopic (exact) mass is 315 g/mol. The lowest BCUT2D eigenvalue weighted by Gasteiger charge is -2.23. The van der Waals surface area contributed by atoms with Crippen molar-refractivity contribution in [1.29, 1.82) is 5.26 Å². The molecule has 1 atom stereocenters. The number of nitro benzene ring substituents is 1. The van der Waals surface area contributed by atoms with E-state index in [1.807, 2.05) is 6.07 Å². The molecule has 1 aromatic carbocycles. The molecule has 1 aromatic rings. The van der Waals surface area contributed by atoms with Gasteiger partial charge in [-0.25, -0.2) is 8.42 Å². The van der Waals surface area contributed by atoms with Crippen molar-refractivity contribution in [2.75, 3.05) is 7.05 Å². The van der Waals surface area contributed by atoms with Gasteiger partial charge >= 0.3 is 5.69 Å². The normalized spacial score (nSPS) is 13.0. The second-order valence-corrected chi connectivity index (χ2v) is 6.52. The molecule has 0 heterocycles. The minimum atomic E-state index is -4.05. The maximum atomic E-state index is 13.5. The summed E-state index contributed by atoms with van der Waals surface area (Å²) in [7, 11) is -2.78. The molecule has 0 aliphatic rings. The van der Waals surface area contributed by atoms with E-state index >= 15 is 0 Å². The highest BCUT2D eigenvalue weighted by atomic mass is 32.2. The van der Waals surface area contributed by atoms with Crippen LogP contribution in [0.25, 0.3) is 0 Å². The van der Waals surface area contributed by atoms with Gasteiger partial charge in [0, 0.05) is 19.2 Å². The van der Waals surface area contributed by atoms with Gasteiger partial charge < -0.3 is 0 Å². The molecule has 0 aliphatic carbocycles. The molecule has 0 radical (unpaired) electrons. The highest BCUT2D eigenvalue weighted by Gasteiger charge is 2.30. The first-order valence-corrected chi connectivity index (χ1v) is 7.36. The lowest BCUT2D eigenvalue weighted by atomic mass is 10.2. The SMILES string of the molecule is Cc1cc(F)c([N+](=O)[O-])cc1S(=O)(=O)N(C)C(C)CC#N. The van der Waals surface area contributed by atoms with Crippen LogP contribution in [-0.4, -0.2) is 30.7 Å². The topological polar surface area (TPSA) is 104 Å². The van der Waals surface area contributed by atoms with Gasteiger partial charge in [0.25, 0.3) is 0 Å². The lowest BCUT2D eigenvalue weighted by molar-refractivity contribution is -0.387. The van der Waals surface area contributed by atoms with Crippen LogP contribution in [0, 0.1) is 34.2 Å². The van der Waals surface area contributed by atoms with Crippen LogP contribution in [0.2, 0.25) is 0 Å². The number of halogens is 1. The molecular formula is C12H14FN3O4S. The van der Waals surface area contributed by atoms with E-state index in [0.29, 0.717) is 6.07 Å². The first-order chi connectivity index (χ1) is 9.62. The quantitative estimate of drug-likeness (QED) is 0.610. The number of benzene rings is 1. The third-order valence-electron chi connectivity index (χ3n) is 3.11. The molecule has 7 nitrogen and oxygen atoms in total. The number of aryl methyl sites for hydroxylation is 1. The van der Waals surface area contributed by atoms with E-state index in [0.717, 1.165) is 10.4 Å². The van der Waals surface area contributed by atoms with Crippen LogP contribution in [0.3, 0.4) is 0 Å². The second kappa shape index (κ2) is 6.15. The summed E-state index contributed by atoms with van der Waals surface area (Å²) in [6, 6.07) is 2.76. The number of nitriles is 1. The number of hydrogen-bond donors (Lipinski definition) is 0. The Kier molecular flexibility index (Phi) is 4.98. The maximum absolute atomic E-state index is 13.5. The van der Waals surface area contributed by atoms with Gasteiger partial charge in [0.15, 0.2) is 0 Å². The summed E-state index contributed by atoms with van der Waals surface area (Å²) in [6.45, 7) is 2.89. The minimum absolute atomic E-state index is 0.0297. The van der Waals surface area contributed by atoms with Crippen LogP contribution < -0.4 is 0 Å². The Hall–Kier alpha value is -2.05. The molecule has 0 spiro atoms. The summed E-state index contributed by atoms with van der Waals surface area (Å²) >= 11 is 0. The van der Waals surface area contributed by atoms with Crippen molar-refractivity contribution < 1.29 is 17.7 Å². The molecule has 0 fully saturated rings. The summed E-state index contributed by atoms with van der Waals surface area (Å²) in [6.07, 6.45) is -0.0297. The number of rotatable bonds is 5. The van der Waals surface area contributed by atoms with Gasteiger partial charge in [-0.1, -0.05) is 0 Å². The lowest BCUT2D eigenvalue weighted by Crippen LogP contribution is -2.35. The van der Waals surface area contributed by atoms with E-state index in [2.05, 4.69) is 0 Å². The van der Waals surface area contributed by atoms with Crippen LogP contribution in [0.4, 0.5) is 10.1 Å². The van der Waals surface area contributed by atoms with Crippen LogP contribution in [0.1, 0.15) is 18.9 Å². The number of sulfonamides is 1. The van der Waals surface area contributed by atoms with E-state index in [1.54, 1.807) is 0 Å². The third kappa shape index (κ3) is 3.34. The summed E-state index contributed by atoms with van der Waals surface area (Å²) in [5.41, 5.74) is -0.838. The van der Waals surface area contributed by atoms with Crippen molar-refractivity contribution in [2.24, 2.45) is 0 Å². The zero-order valence-electron chi connectivity index (χ0n) is 11.7. The highest BCUT2D eigenvalue weighted by molar-refractivity contribution is 7.89. The Morgan fingerprint density at radius 3 is 2.57 bits per heavy atom. The fourth-order valence-electron chi connectivity index (χ4n) is 1.71. The van der Waals surface area contributed by atoms with Gasteiger partial charge in [-0.3, -0.25) is 10.1 Å². The Morgan fingerprint density at radius 2 is 2.10 bits per heavy atom. The molecule has 21 heavy (non-hydrogen) atoms. The zero-order chi connectivity index (χ0) is 16.4. The number of hydrogen-bond acceptors (Lipinski definition) is 5. The summed E-state index contributed by atoms with van der Waals surface area (Å²) in [5.74, 6) is -1.09. The largest absolute Gasteiger partial charge is 0.306 e. The summed E-state index contributed by atoms with van der Waals surface area (Å²) < 4.78 is 39.3. The first-order valence-electron chi connectivity index (χ1n) is 5.92. The van der Waals surface area contributed by atoms with E-state index in [9.17, 15) is 22.9 Å². The van der Waals surface area contributed by atoms with Crippen molar-refractivity contribution >= 4 is 15.7 Å². The fraction of sp³-hybridized carbons (Fsp3) is 0.417. The molecule has 0 bridgehead atoms. The predicted molar refractivity (Wildman–Crippen MR) is 72.4 cm³/mol. The molecule has 114 valence electrons. The van der Waals surface area contributed by atoms with E-state index in [-0.39, 0.29) is 16.9 Å². The summed E-state index contributed by atoms with van der Waals surface area (Å²) in [5, 5.41) is 19.4. The molecule has 0 aromatic heterocycles. The number of nitrogens with zero attached hydrogens (tertiary/aromatic N) is 3. The van der Waals surface area contributed by atoms with Gasteiger partial charge in [0.05, 0.1) is 22.3 Å². The first kappa shape index (κ1) is 17.0. The number of nitro groups is 1. The Bertz CT molecular complexity index is 712. The molecule has 1 unspecified atom stereocenters. The van der Waals surface area contributed by atoms with Crippen molar-refractivity contribution in [3.63, 3.8) is 0 Å². The van der Waals surface area contributed by atoms with Crippen molar-refractivity contribution in [3.05, 3.63) is 33.6 Å². The molecule has 0 saturated heterocycles. The van der Waals surface area contributed by atoms with Crippen molar-refractivity contribution in [3.8, 4) is 6.07 Å². The van der Waals surface area contributed by atoms with Crippen LogP contribution in [0.5, 0.6) is 0 Å². The molecule has 0 aliphatic heterocycles. The summed E-state index contributed by atoms with van der Waals surface area (Å²) in [4.78, 5) is 9.41. The zero-order valence-corrected chi connectivity index (χ0v) is 12.5. The molecule has 0 saturated carbocycles. The average Bonchev–Trinajstić information content (AvgIpc) is 2.37. The Balaban J connectivity index is 3.42.